The number of hydrogen-bond acceptors (Lipinski definition) is 2. The van der Waals surface area contributed by atoms with Crippen LogP contribution in [0.4, 0.5) is 8.78 Å². The van der Waals surface area contributed by atoms with Gasteiger partial charge in [-0.2, -0.15) is 0 Å². The molecule has 0 atom stereocenters. The van der Waals surface area contributed by atoms with Crippen LogP contribution in [-0.2, 0) is 6.54 Å². The predicted molar refractivity (Wildman–Crippen MR) is 87.8 cm³/mol. The van der Waals surface area contributed by atoms with Crippen LogP contribution < -0.4 is 0 Å². The minimum atomic E-state index is -0.922. The monoisotopic (exact) mass is 316 g/mol. The van der Waals surface area contributed by atoms with Crippen LogP contribution in [0.15, 0.2) is 48.2 Å². The Morgan fingerprint density at radius 3 is 2.78 bits per heavy atom. The zero-order valence-electron chi connectivity index (χ0n) is 13.3. The molecule has 2 rings (SSSR count). The minimum Gasteiger partial charge on any atom is -0.328 e. The van der Waals surface area contributed by atoms with Gasteiger partial charge in [-0.25, -0.2) is 13.8 Å². The lowest BCUT2D eigenvalue weighted by Crippen LogP contribution is -2.02. The number of aldehydes is 1. The summed E-state index contributed by atoms with van der Waals surface area (Å²) in [6.07, 6.45) is 6.88. The maximum Gasteiger partial charge on any atom is 0.152 e. The van der Waals surface area contributed by atoms with E-state index < -0.39 is 5.83 Å². The molecule has 0 radical (unpaired) electrons. The third-order valence-corrected chi connectivity index (χ3v) is 3.68. The molecule has 5 heteroatoms. The Balaban J connectivity index is 2.33. The largest absolute Gasteiger partial charge is 0.328 e. The van der Waals surface area contributed by atoms with Gasteiger partial charge in [0, 0.05) is 23.7 Å². The molecule has 0 unspecified atom stereocenters. The van der Waals surface area contributed by atoms with E-state index in [1.807, 2.05) is 37.6 Å². The number of hydrogen-bond donors (Lipinski definition) is 0. The standard InChI is InChI=1S/C18H18F2N2O/c1-12(5-4-6-15(20)9-19)10-22-8-7-16-13(2)17(11-23)14(3)21-18(16)22/h4-9,11H,10H2,1-3H3/b6-4-,12-5+,15-9-. The highest BCUT2D eigenvalue weighted by Gasteiger charge is 2.11. The lowest BCUT2D eigenvalue weighted by Gasteiger charge is -2.08. The van der Waals surface area contributed by atoms with Gasteiger partial charge in [0.05, 0.1) is 5.69 Å². The van der Waals surface area contributed by atoms with Crippen molar-refractivity contribution in [3.63, 3.8) is 0 Å². The third-order valence-electron chi connectivity index (χ3n) is 3.68. The van der Waals surface area contributed by atoms with Gasteiger partial charge in [0.2, 0.25) is 0 Å². The van der Waals surface area contributed by atoms with Gasteiger partial charge in [-0.1, -0.05) is 17.7 Å². The molecule has 0 bridgehead atoms. The lowest BCUT2D eigenvalue weighted by molar-refractivity contribution is 0.112. The number of nitrogens with zero attached hydrogens (tertiary/aromatic N) is 2. The fourth-order valence-corrected chi connectivity index (χ4v) is 2.48. The highest BCUT2D eigenvalue weighted by atomic mass is 19.2. The van der Waals surface area contributed by atoms with Crippen LogP contribution in [-0.4, -0.2) is 15.8 Å². The van der Waals surface area contributed by atoms with E-state index in [0.717, 1.165) is 34.5 Å². The number of allylic oxidation sites excluding steroid dienone is 5. The van der Waals surface area contributed by atoms with Crippen LogP contribution in [0.3, 0.4) is 0 Å². The molecule has 2 heterocycles. The van der Waals surface area contributed by atoms with E-state index in [9.17, 15) is 13.6 Å². The van der Waals surface area contributed by atoms with Crippen LogP contribution in [0.25, 0.3) is 11.0 Å². The zero-order valence-corrected chi connectivity index (χ0v) is 13.3. The molecule has 0 saturated heterocycles. The molecule has 0 amide bonds. The molecule has 0 N–H and O–H groups in total. The molecular formula is C18H18F2N2O. The number of halogens is 2. The van der Waals surface area contributed by atoms with Crippen molar-refractivity contribution >= 4 is 17.3 Å². The van der Waals surface area contributed by atoms with E-state index in [-0.39, 0.29) is 6.33 Å². The first kappa shape index (κ1) is 16.8. The van der Waals surface area contributed by atoms with E-state index >= 15 is 0 Å². The first-order valence-electron chi connectivity index (χ1n) is 7.19. The highest BCUT2D eigenvalue weighted by Crippen LogP contribution is 2.23. The van der Waals surface area contributed by atoms with Gasteiger partial charge in [-0.05, 0) is 38.5 Å². The first-order chi connectivity index (χ1) is 11.0. The Labute approximate surface area is 133 Å². The van der Waals surface area contributed by atoms with Gasteiger partial charge in [-0.3, -0.25) is 4.79 Å². The Hall–Kier alpha value is -2.56. The maximum absolute atomic E-state index is 12.7. The number of rotatable bonds is 5. The number of fused-ring (bicyclic) bond motifs is 1. The second-order valence-corrected chi connectivity index (χ2v) is 5.40. The van der Waals surface area contributed by atoms with Crippen molar-refractivity contribution in [1.82, 2.24) is 9.55 Å². The minimum absolute atomic E-state index is 0.0841. The van der Waals surface area contributed by atoms with Crippen molar-refractivity contribution < 1.29 is 13.6 Å². The molecule has 23 heavy (non-hydrogen) atoms. The number of aromatic nitrogens is 2. The van der Waals surface area contributed by atoms with Gasteiger partial charge < -0.3 is 4.57 Å². The average Bonchev–Trinajstić information content (AvgIpc) is 2.90. The van der Waals surface area contributed by atoms with Crippen LogP contribution in [0.5, 0.6) is 0 Å². The molecule has 3 nitrogen and oxygen atoms in total. The average molecular weight is 316 g/mol. The predicted octanol–water partition coefficient (Wildman–Crippen LogP) is 4.75. The first-order valence-corrected chi connectivity index (χ1v) is 7.19. The van der Waals surface area contributed by atoms with Crippen molar-refractivity contribution in [3.05, 3.63) is 65.0 Å². The van der Waals surface area contributed by atoms with Gasteiger partial charge in [0.25, 0.3) is 0 Å². The summed E-state index contributed by atoms with van der Waals surface area (Å²) in [5, 5.41) is 0.937. The van der Waals surface area contributed by atoms with Crippen LogP contribution >= 0.6 is 0 Å². The normalized spacial score (nSPS) is 13.3. The molecule has 0 spiro atoms. The number of pyridine rings is 1. The smallest absolute Gasteiger partial charge is 0.152 e. The van der Waals surface area contributed by atoms with Gasteiger partial charge in [0.1, 0.15) is 12.0 Å². The topological polar surface area (TPSA) is 34.9 Å². The second-order valence-electron chi connectivity index (χ2n) is 5.40. The summed E-state index contributed by atoms with van der Waals surface area (Å²) in [5.74, 6) is -0.922. The van der Waals surface area contributed by atoms with Crippen molar-refractivity contribution in [1.29, 1.82) is 0 Å². The second kappa shape index (κ2) is 7.13. The van der Waals surface area contributed by atoms with Gasteiger partial charge in [-0.15, -0.1) is 0 Å². The lowest BCUT2D eigenvalue weighted by atomic mass is 10.1. The quantitative estimate of drug-likeness (QED) is 0.589. The summed E-state index contributed by atoms with van der Waals surface area (Å²) < 4.78 is 26.5. The number of carbonyl (C=O) groups is 1. The zero-order chi connectivity index (χ0) is 17.0. The van der Waals surface area contributed by atoms with E-state index in [4.69, 9.17) is 0 Å². The van der Waals surface area contributed by atoms with E-state index in [0.29, 0.717) is 17.8 Å². The third kappa shape index (κ3) is 3.62. The summed E-state index contributed by atoms with van der Waals surface area (Å²) in [5.41, 5.74) is 4.00. The fraction of sp³-hybridized carbons (Fsp3) is 0.222. The molecule has 120 valence electrons. The Morgan fingerprint density at radius 2 is 2.13 bits per heavy atom. The number of carbonyl (C=O) groups excluding carboxylic acids is 1. The molecule has 2 aromatic rings. The fourth-order valence-electron chi connectivity index (χ4n) is 2.48. The summed E-state index contributed by atoms with van der Waals surface area (Å²) >= 11 is 0. The number of aryl methyl sites for hydroxylation is 2. The Morgan fingerprint density at radius 1 is 1.39 bits per heavy atom. The maximum atomic E-state index is 12.7. The van der Waals surface area contributed by atoms with E-state index in [1.54, 1.807) is 6.08 Å². The van der Waals surface area contributed by atoms with Crippen LogP contribution in [0.1, 0.15) is 28.5 Å². The molecule has 0 aromatic carbocycles. The summed E-state index contributed by atoms with van der Waals surface area (Å²) in [4.78, 5) is 15.7. The molecule has 0 fully saturated rings. The van der Waals surface area contributed by atoms with Crippen molar-refractivity contribution in [2.75, 3.05) is 0 Å². The van der Waals surface area contributed by atoms with E-state index in [2.05, 4.69) is 4.98 Å². The van der Waals surface area contributed by atoms with Gasteiger partial charge >= 0.3 is 0 Å². The van der Waals surface area contributed by atoms with Gasteiger partial charge in [0.15, 0.2) is 12.1 Å². The summed E-state index contributed by atoms with van der Waals surface area (Å²) in [6, 6.07) is 1.93. The molecule has 2 aromatic heterocycles. The Kier molecular flexibility index (Phi) is 5.21. The van der Waals surface area contributed by atoms with Crippen molar-refractivity contribution in [2.45, 2.75) is 27.3 Å². The molecule has 0 aliphatic rings. The Bertz CT molecular complexity index is 829. The molecule has 0 aliphatic carbocycles. The SMILES string of the molecule is C\C(=C/C=C\C(F)=C\F)Cn1ccc2c(C)c(C=O)c(C)nc21. The van der Waals surface area contributed by atoms with Crippen LogP contribution in [0.2, 0.25) is 0 Å². The van der Waals surface area contributed by atoms with Crippen LogP contribution in [0, 0.1) is 13.8 Å². The molecular weight excluding hydrogens is 298 g/mol. The molecule has 0 saturated carbocycles. The summed E-state index contributed by atoms with van der Waals surface area (Å²) in [7, 11) is 0. The van der Waals surface area contributed by atoms with E-state index in [1.165, 1.54) is 6.08 Å². The summed E-state index contributed by atoms with van der Waals surface area (Å²) in [6.45, 7) is 6.18. The van der Waals surface area contributed by atoms with Crippen molar-refractivity contribution in [3.8, 4) is 0 Å². The highest BCUT2D eigenvalue weighted by molar-refractivity contribution is 5.90. The molecule has 0 aliphatic heterocycles. The van der Waals surface area contributed by atoms with Crippen molar-refractivity contribution in [2.24, 2.45) is 0 Å².